The maximum Gasteiger partial charge on any atom is 0.184 e. The third kappa shape index (κ3) is 2.67. The van der Waals surface area contributed by atoms with E-state index in [9.17, 15) is 0 Å². The second-order valence-electron chi connectivity index (χ2n) is 5.16. The molecule has 3 rings (SSSR count). The van der Waals surface area contributed by atoms with Crippen LogP contribution >= 0.6 is 0 Å². The molecule has 4 heteroatoms. The molecule has 2 aliphatic heterocycles. The molecule has 0 amide bonds. The summed E-state index contributed by atoms with van der Waals surface area (Å²) < 4.78 is 22.7. The van der Waals surface area contributed by atoms with Gasteiger partial charge >= 0.3 is 0 Å². The zero-order valence-electron chi connectivity index (χ0n) is 11.4. The highest BCUT2D eigenvalue weighted by Crippen LogP contribution is 2.31. The lowest BCUT2D eigenvalue weighted by molar-refractivity contribution is -0.200. The Bertz CT molecular complexity index is 434. The second-order valence-corrected chi connectivity index (χ2v) is 5.16. The number of hydrogen-bond acceptors (Lipinski definition) is 4. The van der Waals surface area contributed by atoms with Crippen LogP contribution in [0.5, 0.6) is 0 Å². The van der Waals surface area contributed by atoms with E-state index in [1.807, 2.05) is 12.1 Å². The highest BCUT2D eigenvalue weighted by molar-refractivity contribution is 5.24. The maximum absolute atomic E-state index is 6.03. The van der Waals surface area contributed by atoms with Crippen molar-refractivity contribution in [2.45, 2.75) is 44.6 Å². The minimum absolute atomic E-state index is 0.0272. The molecule has 0 spiro atoms. The van der Waals surface area contributed by atoms with Crippen LogP contribution in [0.1, 0.15) is 17.5 Å². The van der Waals surface area contributed by atoms with Crippen LogP contribution in [0.4, 0.5) is 0 Å². The topological polar surface area (TPSA) is 36.9 Å². The monoisotopic (exact) mass is 264 g/mol. The molecule has 2 bridgehead atoms. The predicted octanol–water partition coefficient (Wildman–Crippen LogP) is 2.04. The number of hydrogen-bond donors (Lipinski definition) is 0. The summed E-state index contributed by atoms with van der Waals surface area (Å²) in [4.78, 5) is 0. The van der Waals surface area contributed by atoms with Crippen LogP contribution in [-0.2, 0) is 25.6 Å². The lowest BCUT2D eigenvalue weighted by Crippen LogP contribution is -2.44. The van der Waals surface area contributed by atoms with E-state index in [0.717, 1.165) is 6.42 Å². The molecule has 2 fully saturated rings. The van der Waals surface area contributed by atoms with Crippen molar-refractivity contribution >= 4 is 0 Å². The number of aryl methyl sites for hydroxylation is 1. The van der Waals surface area contributed by atoms with Crippen molar-refractivity contribution in [1.29, 1.82) is 0 Å². The molecule has 104 valence electrons. The van der Waals surface area contributed by atoms with Gasteiger partial charge in [-0.3, -0.25) is 0 Å². The van der Waals surface area contributed by atoms with Crippen molar-refractivity contribution in [2.24, 2.45) is 0 Å². The van der Waals surface area contributed by atoms with E-state index in [2.05, 4.69) is 19.1 Å². The van der Waals surface area contributed by atoms with Gasteiger partial charge in [0.2, 0.25) is 0 Å². The first-order valence-electron chi connectivity index (χ1n) is 6.74. The van der Waals surface area contributed by atoms with Gasteiger partial charge in [0.25, 0.3) is 0 Å². The molecule has 0 N–H and O–H groups in total. The van der Waals surface area contributed by atoms with Gasteiger partial charge in [-0.1, -0.05) is 24.3 Å². The van der Waals surface area contributed by atoms with Gasteiger partial charge in [-0.05, 0) is 18.1 Å². The van der Waals surface area contributed by atoms with E-state index in [0.29, 0.717) is 13.2 Å². The molecule has 19 heavy (non-hydrogen) atoms. The smallest absolute Gasteiger partial charge is 0.184 e. The van der Waals surface area contributed by atoms with E-state index < -0.39 is 0 Å². The number of rotatable bonds is 4. The zero-order valence-corrected chi connectivity index (χ0v) is 11.4. The Kier molecular flexibility index (Phi) is 3.84. The number of methoxy groups -OCH3 is 1. The van der Waals surface area contributed by atoms with Gasteiger partial charge in [-0.15, -0.1) is 0 Å². The fourth-order valence-corrected chi connectivity index (χ4v) is 2.67. The Labute approximate surface area is 113 Å². The van der Waals surface area contributed by atoms with Gasteiger partial charge < -0.3 is 18.9 Å². The van der Waals surface area contributed by atoms with Gasteiger partial charge in [-0.25, -0.2) is 0 Å². The Morgan fingerprint density at radius 2 is 2.11 bits per heavy atom. The van der Waals surface area contributed by atoms with Gasteiger partial charge in [0.1, 0.15) is 12.2 Å². The van der Waals surface area contributed by atoms with Crippen LogP contribution in [0, 0.1) is 6.92 Å². The summed E-state index contributed by atoms with van der Waals surface area (Å²) in [6, 6.07) is 8.28. The Morgan fingerprint density at radius 1 is 1.26 bits per heavy atom. The van der Waals surface area contributed by atoms with Crippen molar-refractivity contribution in [1.82, 2.24) is 0 Å². The fourth-order valence-electron chi connectivity index (χ4n) is 2.67. The molecule has 0 radical (unpaired) electrons. The standard InChI is InChI=1S/C15H20O4/c1-10-5-3-4-6-11(10)8-17-12-7-13(16-2)15-18-9-14(12)19-15/h3-6,12-15H,7-9H2,1-2H3/t12-,13+,14+,15+/m0/s1. The quantitative estimate of drug-likeness (QED) is 0.834. The predicted molar refractivity (Wildman–Crippen MR) is 69.8 cm³/mol. The summed E-state index contributed by atoms with van der Waals surface area (Å²) in [7, 11) is 1.69. The van der Waals surface area contributed by atoms with Crippen LogP contribution in [0.15, 0.2) is 24.3 Å². The minimum atomic E-state index is -0.215. The second kappa shape index (κ2) is 5.59. The Balaban J connectivity index is 1.62. The molecular weight excluding hydrogens is 244 g/mol. The zero-order chi connectivity index (χ0) is 13.2. The first-order chi connectivity index (χ1) is 9.28. The first kappa shape index (κ1) is 13.1. The first-order valence-corrected chi connectivity index (χ1v) is 6.74. The Morgan fingerprint density at radius 3 is 2.89 bits per heavy atom. The molecule has 0 unspecified atom stereocenters. The normalized spacial score (nSPS) is 33.6. The van der Waals surface area contributed by atoms with Crippen LogP contribution in [0.2, 0.25) is 0 Å². The maximum atomic E-state index is 6.03. The summed E-state index contributed by atoms with van der Waals surface area (Å²) >= 11 is 0. The van der Waals surface area contributed by atoms with Crippen molar-refractivity contribution in [3.8, 4) is 0 Å². The highest BCUT2D eigenvalue weighted by Gasteiger charge is 2.44. The number of ether oxygens (including phenoxy) is 4. The summed E-state index contributed by atoms with van der Waals surface area (Å²) in [5.74, 6) is 0. The molecule has 1 aromatic rings. The van der Waals surface area contributed by atoms with Crippen LogP contribution in [0.25, 0.3) is 0 Å². The molecule has 2 saturated heterocycles. The molecule has 2 heterocycles. The molecule has 0 aromatic heterocycles. The fraction of sp³-hybridized carbons (Fsp3) is 0.600. The molecule has 0 aliphatic carbocycles. The molecule has 1 aromatic carbocycles. The summed E-state index contributed by atoms with van der Waals surface area (Å²) in [6.07, 6.45) is 0.676. The van der Waals surface area contributed by atoms with E-state index in [1.54, 1.807) is 7.11 Å². The average Bonchev–Trinajstić information content (AvgIpc) is 2.85. The van der Waals surface area contributed by atoms with Crippen LogP contribution in [-0.4, -0.2) is 38.3 Å². The van der Waals surface area contributed by atoms with Crippen molar-refractivity contribution in [3.05, 3.63) is 35.4 Å². The minimum Gasteiger partial charge on any atom is -0.376 e. The van der Waals surface area contributed by atoms with E-state index in [4.69, 9.17) is 18.9 Å². The van der Waals surface area contributed by atoms with Crippen molar-refractivity contribution < 1.29 is 18.9 Å². The largest absolute Gasteiger partial charge is 0.376 e. The number of benzene rings is 1. The van der Waals surface area contributed by atoms with Crippen LogP contribution < -0.4 is 0 Å². The van der Waals surface area contributed by atoms with Crippen molar-refractivity contribution in [3.63, 3.8) is 0 Å². The number of fused-ring (bicyclic) bond motifs is 2. The lowest BCUT2D eigenvalue weighted by Gasteiger charge is -2.32. The van der Waals surface area contributed by atoms with Gasteiger partial charge in [0, 0.05) is 13.5 Å². The van der Waals surface area contributed by atoms with Gasteiger partial charge in [0.05, 0.1) is 19.3 Å². The van der Waals surface area contributed by atoms with Gasteiger partial charge in [0.15, 0.2) is 6.29 Å². The average molecular weight is 264 g/mol. The SMILES string of the molecule is CO[C@@H]1C[C@H](OCc2ccccc2C)[C@H]2CO[C@@H]1O2. The molecule has 4 atom stereocenters. The summed E-state index contributed by atoms with van der Waals surface area (Å²) in [6.45, 7) is 3.31. The van der Waals surface area contributed by atoms with E-state index >= 15 is 0 Å². The molecule has 2 aliphatic rings. The third-order valence-electron chi connectivity index (χ3n) is 3.93. The third-order valence-corrected chi connectivity index (χ3v) is 3.93. The molecule has 4 nitrogen and oxygen atoms in total. The van der Waals surface area contributed by atoms with Gasteiger partial charge in [-0.2, -0.15) is 0 Å². The van der Waals surface area contributed by atoms with E-state index in [1.165, 1.54) is 11.1 Å². The van der Waals surface area contributed by atoms with Crippen molar-refractivity contribution in [2.75, 3.05) is 13.7 Å². The molecular formula is C15H20O4. The summed E-state index contributed by atoms with van der Waals surface area (Å²) in [5, 5.41) is 0. The highest BCUT2D eigenvalue weighted by atomic mass is 16.7. The van der Waals surface area contributed by atoms with Crippen LogP contribution in [0.3, 0.4) is 0 Å². The summed E-state index contributed by atoms with van der Waals surface area (Å²) in [5.41, 5.74) is 2.47. The van der Waals surface area contributed by atoms with E-state index in [-0.39, 0.29) is 24.6 Å². The Hall–Kier alpha value is -0.940. The molecule has 0 saturated carbocycles. The lowest BCUT2D eigenvalue weighted by atomic mass is 10.0.